The lowest BCUT2D eigenvalue weighted by molar-refractivity contribution is 0.0497. The van der Waals surface area contributed by atoms with Crippen LogP contribution >= 0.6 is 11.6 Å². The van der Waals surface area contributed by atoms with Crippen molar-refractivity contribution in [1.29, 1.82) is 0 Å². The van der Waals surface area contributed by atoms with Crippen LogP contribution in [0.1, 0.15) is 39.2 Å². The van der Waals surface area contributed by atoms with Gasteiger partial charge in [0.1, 0.15) is 5.60 Å². The predicted molar refractivity (Wildman–Crippen MR) is 98.6 cm³/mol. The van der Waals surface area contributed by atoms with Crippen molar-refractivity contribution in [3.8, 4) is 0 Å². The van der Waals surface area contributed by atoms with E-state index in [-0.39, 0.29) is 12.3 Å². The van der Waals surface area contributed by atoms with Gasteiger partial charge in [-0.2, -0.15) is 0 Å². The summed E-state index contributed by atoms with van der Waals surface area (Å²) in [5, 5.41) is 2.42. The predicted octanol–water partition coefficient (Wildman–Crippen LogP) is 2.46. The molecule has 0 saturated heterocycles. The summed E-state index contributed by atoms with van der Waals surface area (Å²) in [4.78, 5) is 12.3. The minimum atomic E-state index is -3.44. The summed E-state index contributed by atoms with van der Waals surface area (Å²) < 4.78 is 30.5. The van der Waals surface area contributed by atoms with Gasteiger partial charge in [-0.1, -0.05) is 30.7 Å². The smallest absolute Gasteiger partial charge is 0.408 e. The average Bonchev–Trinajstić information content (AvgIpc) is 3.15. The van der Waals surface area contributed by atoms with Crippen molar-refractivity contribution in [1.82, 2.24) is 5.32 Å². The van der Waals surface area contributed by atoms with Crippen LogP contribution in [0.3, 0.4) is 0 Å². The van der Waals surface area contributed by atoms with E-state index in [0.29, 0.717) is 5.02 Å². The number of halogens is 1. The molecule has 0 unspecified atom stereocenters. The van der Waals surface area contributed by atoms with Crippen molar-refractivity contribution in [3.05, 3.63) is 34.9 Å². The van der Waals surface area contributed by atoms with Crippen LogP contribution in [0.15, 0.2) is 24.3 Å². The fraction of sp³-hybridized carbons (Fsp3) is 0.588. The van der Waals surface area contributed by atoms with Gasteiger partial charge in [0, 0.05) is 23.2 Å². The largest absolute Gasteiger partial charge is 0.444 e. The number of hydrogen-bond donors (Lipinski definition) is 2. The van der Waals surface area contributed by atoms with Gasteiger partial charge in [0.2, 0.25) is 0 Å². The Kier molecular flexibility index (Phi) is 5.42. The molecule has 0 bridgehead atoms. The van der Waals surface area contributed by atoms with Crippen LogP contribution in [-0.4, -0.2) is 43.2 Å². The van der Waals surface area contributed by atoms with Gasteiger partial charge in [-0.25, -0.2) is 13.2 Å². The van der Waals surface area contributed by atoms with Crippen LogP contribution in [0.2, 0.25) is 5.02 Å². The zero-order valence-corrected chi connectivity index (χ0v) is 16.4. The molecule has 3 N–H and O–H groups in total. The molecule has 0 aromatic heterocycles. The van der Waals surface area contributed by atoms with Gasteiger partial charge in [0.05, 0.1) is 10.8 Å². The molecular formula is C17H25ClN2O4S. The Morgan fingerprint density at radius 1 is 1.40 bits per heavy atom. The third-order valence-corrected chi connectivity index (χ3v) is 6.83. The number of alkyl carbamates (subject to hydrolysis) is 1. The molecule has 25 heavy (non-hydrogen) atoms. The van der Waals surface area contributed by atoms with Crippen LogP contribution in [-0.2, 0) is 14.6 Å². The van der Waals surface area contributed by atoms with Crippen molar-refractivity contribution in [2.75, 3.05) is 12.3 Å². The highest BCUT2D eigenvalue weighted by molar-refractivity contribution is 7.92. The maximum Gasteiger partial charge on any atom is 0.408 e. The van der Waals surface area contributed by atoms with Crippen molar-refractivity contribution < 1.29 is 17.9 Å². The zero-order chi connectivity index (χ0) is 19.0. The number of carbonyl (C=O) groups is 1. The SMILES string of the molecule is CCS(=O)(=O)[C@@H]1[C@@H](c2cccc(Cl)c2)[C@]1(CN)NC(=O)OC(C)(C)C. The summed E-state index contributed by atoms with van der Waals surface area (Å²) in [5.74, 6) is -0.499. The first-order chi connectivity index (χ1) is 11.5. The Morgan fingerprint density at radius 3 is 2.52 bits per heavy atom. The minimum Gasteiger partial charge on any atom is -0.444 e. The van der Waals surface area contributed by atoms with Crippen LogP contribution in [0, 0.1) is 0 Å². The summed E-state index contributed by atoms with van der Waals surface area (Å²) in [6, 6.07) is 6.96. The molecule has 1 amide bonds. The quantitative estimate of drug-likeness (QED) is 0.807. The van der Waals surface area contributed by atoms with Gasteiger partial charge < -0.3 is 15.8 Å². The molecule has 8 heteroatoms. The second kappa shape index (κ2) is 6.78. The summed E-state index contributed by atoms with van der Waals surface area (Å²) in [6.07, 6.45) is -0.682. The van der Waals surface area contributed by atoms with Crippen LogP contribution < -0.4 is 11.1 Å². The van der Waals surface area contributed by atoms with Gasteiger partial charge >= 0.3 is 6.09 Å². The minimum absolute atomic E-state index is 0.0205. The number of ether oxygens (including phenoxy) is 1. The maximum absolute atomic E-state index is 12.6. The van der Waals surface area contributed by atoms with E-state index in [1.165, 1.54) is 0 Å². The van der Waals surface area contributed by atoms with E-state index < -0.39 is 38.2 Å². The average molecular weight is 389 g/mol. The van der Waals surface area contributed by atoms with Crippen molar-refractivity contribution in [2.45, 2.75) is 50.0 Å². The number of rotatable bonds is 5. The van der Waals surface area contributed by atoms with E-state index in [1.807, 2.05) is 0 Å². The molecule has 0 aliphatic heterocycles. The molecule has 0 spiro atoms. The van der Waals surface area contributed by atoms with Crippen molar-refractivity contribution in [2.24, 2.45) is 5.73 Å². The molecule has 1 aliphatic rings. The molecular weight excluding hydrogens is 364 g/mol. The van der Waals surface area contributed by atoms with E-state index in [4.69, 9.17) is 22.1 Å². The van der Waals surface area contributed by atoms with Gasteiger partial charge in [0.25, 0.3) is 0 Å². The van der Waals surface area contributed by atoms with Crippen molar-refractivity contribution >= 4 is 27.5 Å². The first-order valence-corrected chi connectivity index (χ1v) is 10.2. The molecule has 0 radical (unpaired) electrons. The second-order valence-corrected chi connectivity index (χ2v) is 10.1. The van der Waals surface area contributed by atoms with Gasteiger partial charge in [0.15, 0.2) is 9.84 Å². The lowest BCUT2D eigenvalue weighted by Gasteiger charge is -2.24. The zero-order valence-electron chi connectivity index (χ0n) is 14.9. The summed E-state index contributed by atoms with van der Waals surface area (Å²) >= 11 is 6.05. The first-order valence-electron chi connectivity index (χ1n) is 8.15. The first kappa shape index (κ1) is 20.0. The van der Waals surface area contributed by atoms with Gasteiger partial charge in [-0.05, 0) is 38.5 Å². The second-order valence-electron chi connectivity index (χ2n) is 7.28. The molecule has 6 nitrogen and oxygen atoms in total. The number of amides is 1. The van der Waals surface area contributed by atoms with Crippen LogP contribution in [0.4, 0.5) is 4.79 Å². The Bertz CT molecular complexity index is 760. The molecule has 2 rings (SSSR count). The number of carbonyl (C=O) groups excluding carboxylic acids is 1. The monoisotopic (exact) mass is 388 g/mol. The number of nitrogens with two attached hydrogens (primary N) is 1. The van der Waals surface area contributed by atoms with E-state index >= 15 is 0 Å². The molecule has 0 heterocycles. The maximum atomic E-state index is 12.6. The molecule has 1 fully saturated rings. The molecule has 1 aliphatic carbocycles. The fourth-order valence-electron chi connectivity index (χ4n) is 3.22. The van der Waals surface area contributed by atoms with Gasteiger partial charge in [-0.3, -0.25) is 0 Å². The summed E-state index contributed by atoms with van der Waals surface area (Å²) in [6.45, 7) is 6.78. The van der Waals surface area contributed by atoms with E-state index in [9.17, 15) is 13.2 Å². The van der Waals surface area contributed by atoms with Crippen LogP contribution in [0.5, 0.6) is 0 Å². The Labute approximate surface area is 154 Å². The molecule has 3 atom stereocenters. The number of hydrogen-bond acceptors (Lipinski definition) is 5. The normalized spacial score (nSPS) is 26.2. The summed E-state index contributed by atoms with van der Waals surface area (Å²) in [5.41, 5.74) is 4.86. The molecule has 1 aromatic rings. The van der Waals surface area contributed by atoms with E-state index in [1.54, 1.807) is 52.0 Å². The van der Waals surface area contributed by atoms with E-state index in [2.05, 4.69) is 5.32 Å². The number of nitrogens with one attached hydrogen (secondary N) is 1. The Hall–Kier alpha value is -1.31. The van der Waals surface area contributed by atoms with Crippen molar-refractivity contribution in [3.63, 3.8) is 0 Å². The molecule has 1 aromatic carbocycles. The lowest BCUT2D eigenvalue weighted by Crippen LogP contribution is -2.49. The highest BCUT2D eigenvalue weighted by atomic mass is 35.5. The Balaban J connectivity index is 2.40. The lowest BCUT2D eigenvalue weighted by atomic mass is 10.1. The van der Waals surface area contributed by atoms with Crippen LogP contribution in [0.25, 0.3) is 0 Å². The van der Waals surface area contributed by atoms with Gasteiger partial charge in [-0.15, -0.1) is 0 Å². The number of sulfone groups is 1. The summed E-state index contributed by atoms with van der Waals surface area (Å²) in [7, 11) is -3.44. The third kappa shape index (κ3) is 4.10. The third-order valence-electron chi connectivity index (χ3n) is 4.32. The standard InChI is InChI=1S/C17H25ClN2O4S/c1-5-25(22,23)14-13(11-7-6-8-12(18)9-11)17(14,10-19)20-15(21)24-16(2,3)4/h6-9,13-14H,5,10,19H2,1-4H3,(H,20,21)/t13-,14-,17+/m1/s1. The highest BCUT2D eigenvalue weighted by Crippen LogP contribution is 2.55. The molecule has 140 valence electrons. The molecule has 1 saturated carbocycles. The van der Waals surface area contributed by atoms with E-state index in [0.717, 1.165) is 5.56 Å². The Morgan fingerprint density at radius 2 is 2.04 bits per heavy atom. The topological polar surface area (TPSA) is 98.5 Å². The fourth-order valence-corrected chi connectivity index (χ4v) is 5.46. The highest BCUT2D eigenvalue weighted by Gasteiger charge is 2.71. The number of benzene rings is 1.